The van der Waals surface area contributed by atoms with Crippen molar-refractivity contribution in [1.29, 1.82) is 0 Å². The number of hydrogen-bond donors (Lipinski definition) is 0. The number of amides is 1. The van der Waals surface area contributed by atoms with Crippen molar-refractivity contribution in [2.75, 3.05) is 11.9 Å². The van der Waals surface area contributed by atoms with Crippen molar-refractivity contribution in [3.63, 3.8) is 0 Å². The Morgan fingerprint density at radius 1 is 1.08 bits per heavy atom. The molecular formula is C19H19ClN4O. The Kier molecular flexibility index (Phi) is 4.86. The first kappa shape index (κ1) is 17.2. The van der Waals surface area contributed by atoms with E-state index in [0.29, 0.717) is 10.9 Å². The van der Waals surface area contributed by atoms with Crippen LogP contribution in [0.2, 0.25) is 5.02 Å². The second-order valence-electron chi connectivity index (χ2n) is 6.10. The number of anilines is 1. The average Bonchev–Trinajstić information content (AvgIpc) is 3.11. The zero-order valence-electron chi connectivity index (χ0n) is 14.3. The van der Waals surface area contributed by atoms with Gasteiger partial charge in [-0.15, -0.1) is 5.10 Å². The molecule has 0 N–H and O–H groups in total. The first-order chi connectivity index (χ1) is 12.0. The van der Waals surface area contributed by atoms with Crippen LogP contribution in [-0.2, 0) is 0 Å². The molecule has 0 atom stereocenters. The lowest BCUT2D eigenvalue weighted by Gasteiger charge is -2.15. The molecule has 1 amide bonds. The third kappa shape index (κ3) is 3.72. The largest absolute Gasteiger partial charge is 0.309 e. The highest BCUT2D eigenvalue weighted by Gasteiger charge is 2.18. The molecule has 0 aliphatic rings. The molecule has 0 radical (unpaired) electrons. The minimum absolute atomic E-state index is 0.144. The van der Waals surface area contributed by atoms with Gasteiger partial charge in [-0.2, -0.15) is 0 Å². The Balaban J connectivity index is 1.80. The summed E-state index contributed by atoms with van der Waals surface area (Å²) in [5.41, 5.74) is 2.85. The van der Waals surface area contributed by atoms with Gasteiger partial charge in [0, 0.05) is 17.8 Å². The van der Waals surface area contributed by atoms with Crippen LogP contribution in [0.15, 0.2) is 54.9 Å². The van der Waals surface area contributed by atoms with E-state index in [2.05, 4.69) is 36.1 Å². The first-order valence-electron chi connectivity index (χ1n) is 8.01. The maximum Gasteiger partial charge on any atom is 0.297 e. The molecule has 25 heavy (non-hydrogen) atoms. The molecule has 3 aromatic rings. The highest BCUT2D eigenvalue weighted by molar-refractivity contribution is 6.30. The molecule has 2 aromatic carbocycles. The van der Waals surface area contributed by atoms with Crippen molar-refractivity contribution in [3.05, 3.63) is 71.3 Å². The Bertz CT molecular complexity index is 869. The number of rotatable bonds is 4. The van der Waals surface area contributed by atoms with Crippen LogP contribution in [0.3, 0.4) is 0 Å². The highest BCUT2D eigenvalue weighted by Crippen LogP contribution is 2.19. The van der Waals surface area contributed by atoms with E-state index < -0.39 is 0 Å². The van der Waals surface area contributed by atoms with Gasteiger partial charge in [-0.25, -0.2) is 9.67 Å². The smallest absolute Gasteiger partial charge is 0.297 e. The number of carbonyl (C=O) groups is 1. The summed E-state index contributed by atoms with van der Waals surface area (Å²) in [5, 5.41) is 4.93. The van der Waals surface area contributed by atoms with Gasteiger partial charge >= 0.3 is 0 Å². The van der Waals surface area contributed by atoms with Crippen molar-refractivity contribution in [3.8, 4) is 5.69 Å². The number of hydrogen-bond acceptors (Lipinski definition) is 3. The predicted octanol–water partition coefficient (Wildman–Crippen LogP) is 4.32. The Hall–Kier alpha value is -2.66. The van der Waals surface area contributed by atoms with Crippen molar-refractivity contribution < 1.29 is 4.79 Å². The fourth-order valence-corrected chi connectivity index (χ4v) is 2.56. The summed E-state index contributed by atoms with van der Waals surface area (Å²) in [6, 6.07) is 15.1. The molecule has 0 saturated heterocycles. The van der Waals surface area contributed by atoms with Gasteiger partial charge in [-0.1, -0.05) is 37.6 Å². The van der Waals surface area contributed by atoms with E-state index in [1.165, 1.54) is 10.5 Å². The summed E-state index contributed by atoms with van der Waals surface area (Å²) in [7, 11) is 1.68. The van der Waals surface area contributed by atoms with Gasteiger partial charge in [0.2, 0.25) is 5.82 Å². The van der Waals surface area contributed by atoms with Gasteiger partial charge in [-0.05, 0) is 47.9 Å². The normalized spacial score (nSPS) is 10.9. The molecule has 0 aliphatic heterocycles. The van der Waals surface area contributed by atoms with Gasteiger partial charge in [0.25, 0.3) is 5.91 Å². The standard InChI is InChI=1S/C19H19ClN4O/c1-13(2)14-4-8-17(9-5-14)24-12-21-18(22-24)19(25)23(3)16-10-6-15(20)7-11-16/h4-13H,1-3H3. The van der Waals surface area contributed by atoms with Crippen LogP contribution in [0.1, 0.15) is 35.9 Å². The Labute approximate surface area is 151 Å². The topological polar surface area (TPSA) is 51.0 Å². The van der Waals surface area contributed by atoms with Crippen molar-refractivity contribution in [2.24, 2.45) is 0 Å². The van der Waals surface area contributed by atoms with Crippen LogP contribution in [0.5, 0.6) is 0 Å². The van der Waals surface area contributed by atoms with Crippen LogP contribution in [0.25, 0.3) is 5.69 Å². The number of benzene rings is 2. The fourth-order valence-electron chi connectivity index (χ4n) is 2.43. The molecule has 1 aromatic heterocycles. The zero-order chi connectivity index (χ0) is 18.0. The molecule has 6 heteroatoms. The van der Waals surface area contributed by atoms with Crippen LogP contribution in [-0.4, -0.2) is 27.7 Å². The van der Waals surface area contributed by atoms with Crippen LogP contribution >= 0.6 is 11.6 Å². The Morgan fingerprint density at radius 3 is 2.32 bits per heavy atom. The second kappa shape index (κ2) is 7.07. The Morgan fingerprint density at radius 2 is 1.72 bits per heavy atom. The molecule has 5 nitrogen and oxygen atoms in total. The summed E-state index contributed by atoms with van der Waals surface area (Å²) in [6.07, 6.45) is 1.55. The third-order valence-corrected chi connectivity index (χ3v) is 4.28. The SMILES string of the molecule is CC(C)c1ccc(-n2cnc(C(=O)N(C)c3ccc(Cl)cc3)n2)cc1. The highest BCUT2D eigenvalue weighted by atomic mass is 35.5. The molecular weight excluding hydrogens is 336 g/mol. The summed E-state index contributed by atoms with van der Waals surface area (Å²) in [5.74, 6) is 0.334. The fraction of sp³-hybridized carbons (Fsp3) is 0.211. The molecule has 3 rings (SSSR count). The number of carbonyl (C=O) groups excluding carboxylic acids is 1. The summed E-state index contributed by atoms with van der Waals surface area (Å²) < 4.78 is 1.60. The number of halogens is 1. The summed E-state index contributed by atoms with van der Waals surface area (Å²) in [6.45, 7) is 4.29. The van der Waals surface area contributed by atoms with E-state index in [9.17, 15) is 4.79 Å². The number of aromatic nitrogens is 3. The maximum atomic E-state index is 12.6. The molecule has 1 heterocycles. The van der Waals surface area contributed by atoms with E-state index in [4.69, 9.17) is 11.6 Å². The molecule has 0 saturated carbocycles. The van der Waals surface area contributed by atoms with E-state index >= 15 is 0 Å². The minimum atomic E-state index is -0.278. The lowest BCUT2D eigenvalue weighted by Crippen LogP contribution is -2.27. The third-order valence-electron chi connectivity index (χ3n) is 4.03. The van der Waals surface area contributed by atoms with Crippen LogP contribution in [0, 0.1) is 0 Å². The molecule has 128 valence electrons. The molecule has 0 fully saturated rings. The molecule has 0 aliphatic carbocycles. The lowest BCUT2D eigenvalue weighted by molar-refractivity contribution is 0.0983. The monoisotopic (exact) mass is 354 g/mol. The van der Waals surface area contributed by atoms with E-state index in [0.717, 1.165) is 11.4 Å². The second-order valence-corrected chi connectivity index (χ2v) is 6.54. The van der Waals surface area contributed by atoms with E-state index in [-0.39, 0.29) is 11.7 Å². The molecule has 0 unspecified atom stereocenters. The maximum absolute atomic E-state index is 12.6. The van der Waals surface area contributed by atoms with E-state index in [1.807, 2.05) is 12.1 Å². The molecule has 0 bridgehead atoms. The van der Waals surface area contributed by atoms with Crippen molar-refractivity contribution >= 4 is 23.2 Å². The van der Waals surface area contributed by atoms with Crippen molar-refractivity contribution in [1.82, 2.24) is 14.8 Å². The first-order valence-corrected chi connectivity index (χ1v) is 8.39. The van der Waals surface area contributed by atoms with Crippen molar-refractivity contribution in [2.45, 2.75) is 19.8 Å². The van der Waals surface area contributed by atoms with Gasteiger partial charge < -0.3 is 4.90 Å². The average molecular weight is 355 g/mol. The van der Waals surface area contributed by atoms with E-state index in [1.54, 1.807) is 42.3 Å². The zero-order valence-corrected chi connectivity index (χ0v) is 15.1. The van der Waals surface area contributed by atoms with Gasteiger partial charge in [0.1, 0.15) is 6.33 Å². The van der Waals surface area contributed by atoms with Crippen LogP contribution < -0.4 is 4.90 Å². The van der Waals surface area contributed by atoms with Gasteiger partial charge in [0.15, 0.2) is 0 Å². The summed E-state index contributed by atoms with van der Waals surface area (Å²) >= 11 is 5.88. The van der Waals surface area contributed by atoms with Gasteiger partial charge in [0.05, 0.1) is 5.69 Å². The van der Waals surface area contributed by atoms with Gasteiger partial charge in [-0.3, -0.25) is 4.79 Å². The summed E-state index contributed by atoms with van der Waals surface area (Å²) in [4.78, 5) is 18.2. The van der Waals surface area contributed by atoms with Crippen LogP contribution in [0.4, 0.5) is 5.69 Å². The predicted molar refractivity (Wildman–Crippen MR) is 99.6 cm³/mol. The quantitative estimate of drug-likeness (QED) is 0.701. The molecule has 0 spiro atoms. The lowest BCUT2D eigenvalue weighted by atomic mass is 10.0. The minimum Gasteiger partial charge on any atom is -0.309 e. The number of nitrogens with zero attached hydrogens (tertiary/aromatic N) is 4.